The highest BCUT2D eigenvalue weighted by Gasteiger charge is 2.46. The Bertz CT molecular complexity index is 1340. The van der Waals surface area contributed by atoms with E-state index in [0.29, 0.717) is 28.7 Å². The summed E-state index contributed by atoms with van der Waals surface area (Å²) in [6.45, 7) is 0.435. The number of methoxy groups -OCH3 is 1. The van der Waals surface area contributed by atoms with Crippen molar-refractivity contribution in [2.45, 2.75) is 24.7 Å². The van der Waals surface area contributed by atoms with E-state index in [0.717, 1.165) is 0 Å². The second kappa shape index (κ2) is 7.92. The number of fused-ring (bicyclic) bond motifs is 2. The Balaban J connectivity index is 1.60. The molecular weight excluding hydrogens is 440 g/mol. The normalized spacial score (nSPS) is 18.3. The van der Waals surface area contributed by atoms with Crippen molar-refractivity contribution in [3.63, 3.8) is 0 Å². The Hall–Kier alpha value is -3.31. The lowest BCUT2D eigenvalue weighted by molar-refractivity contribution is -0.183. The van der Waals surface area contributed by atoms with Gasteiger partial charge in [0.1, 0.15) is 11.7 Å². The van der Waals surface area contributed by atoms with Crippen molar-refractivity contribution in [2.75, 3.05) is 20.2 Å². The first-order valence-corrected chi connectivity index (χ1v) is 10.3. The van der Waals surface area contributed by atoms with Crippen LogP contribution in [-0.4, -0.2) is 56.9 Å². The molecule has 2 N–H and O–H groups in total. The standard InChI is InChI=1S/C22H20F4N6O/c1-33-18-9-17-12(8-15(18)23)2-4-16(28-17)21-30-29-19-5-3-13(10-32(19)21)20(22(24,25)26)31-7-6-14(27)11-31/h2-5,8-10,14,20H,6-7,11,27H2,1H3/t14?,20-/m1/s1. The van der Waals surface area contributed by atoms with Gasteiger partial charge in [0.15, 0.2) is 23.0 Å². The van der Waals surface area contributed by atoms with E-state index >= 15 is 0 Å². The van der Waals surface area contributed by atoms with Gasteiger partial charge in [-0.2, -0.15) is 13.2 Å². The zero-order valence-electron chi connectivity index (χ0n) is 17.6. The van der Waals surface area contributed by atoms with Crippen molar-refractivity contribution in [3.05, 3.63) is 54.0 Å². The van der Waals surface area contributed by atoms with Crippen molar-refractivity contribution in [1.29, 1.82) is 0 Å². The monoisotopic (exact) mass is 460 g/mol. The number of ether oxygens (including phenoxy) is 1. The van der Waals surface area contributed by atoms with Gasteiger partial charge in [-0.25, -0.2) is 9.37 Å². The summed E-state index contributed by atoms with van der Waals surface area (Å²) in [5.74, 6) is -0.203. The second-order valence-electron chi connectivity index (χ2n) is 8.08. The highest BCUT2D eigenvalue weighted by molar-refractivity contribution is 5.82. The minimum Gasteiger partial charge on any atom is -0.494 e. The van der Waals surface area contributed by atoms with E-state index in [9.17, 15) is 17.6 Å². The summed E-state index contributed by atoms with van der Waals surface area (Å²) in [6.07, 6.45) is -2.57. The molecule has 7 nitrogen and oxygen atoms in total. The Morgan fingerprint density at radius 1 is 1.15 bits per heavy atom. The van der Waals surface area contributed by atoms with Gasteiger partial charge >= 0.3 is 6.18 Å². The molecule has 1 aliphatic heterocycles. The van der Waals surface area contributed by atoms with E-state index in [1.165, 1.54) is 46.9 Å². The first kappa shape index (κ1) is 21.5. The first-order valence-electron chi connectivity index (χ1n) is 10.3. The first-order chi connectivity index (χ1) is 15.7. The molecular formula is C22H20F4N6O. The molecule has 0 spiro atoms. The third-order valence-corrected chi connectivity index (χ3v) is 5.86. The molecule has 1 saturated heterocycles. The van der Waals surface area contributed by atoms with Gasteiger partial charge in [0.05, 0.1) is 12.6 Å². The number of hydrogen-bond donors (Lipinski definition) is 1. The van der Waals surface area contributed by atoms with Crippen LogP contribution in [0.25, 0.3) is 28.1 Å². The van der Waals surface area contributed by atoms with Crippen LogP contribution in [-0.2, 0) is 0 Å². The minimum atomic E-state index is -4.48. The van der Waals surface area contributed by atoms with Crippen LogP contribution in [0.4, 0.5) is 17.6 Å². The van der Waals surface area contributed by atoms with Crippen molar-refractivity contribution < 1.29 is 22.3 Å². The van der Waals surface area contributed by atoms with Crippen molar-refractivity contribution >= 4 is 16.6 Å². The molecule has 11 heteroatoms. The number of aromatic nitrogens is 4. The molecule has 5 rings (SSSR count). The molecule has 172 valence electrons. The maximum Gasteiger partial charge on any atom is 0.408 e. The van der Waals surface area contributed by atoms with E-state index in [-0.39, 0.29) is 36.3 Å². The van der Waals surface area contributed by atoms with Crippen LogP contribution in [0.3, 0.4) is 0 Å². The molecule has 0 radical (unpaired) electrons. The molecule has 1 unspecified atom stereocenters. The third kappa shape index (κ3) is 3.87. The van der Waals surface area contributed by atoms with E-state index in [1.54, 1.807) is 12.1 Å². The van der Waals surface area contributed by atoms with Gasteiger partial charge < -0.3 is 10.5 Å². The molecule has 2 atom stereocenters. The number of nitrogens with two attached hydrogens (primary N) is 1. The van der Waals surface area contributed by atoms with Gasteiger partial charge in [0.25, 0.3) is 0 Å². The summed E-state index contributed by atoms with van der Waals surface area (Å²) in [6, 6.07) is 6.89. The summed E-state index contributed by atoms with van der Waals surface area (Å²) in [5, 5.41) is 8.75. The van der Waals surface area contributed by atoms with Gasteiger partial charge in [0, 0.05) is 36.8 Å². The quantitative estimate of drug-likeness (QED) is 0.468. The van der Waals surface area contributed by atoms with Crippen LogP contribution < -0.4 is 10.5 Å². The summed E-state index contributed by atoms with van der Waals surface area (Å²) in [7, 11) is 1.35. The van der Waals surface area contributed by atoms with Gasteiger partial charge in [-0.05, 0) is 30.2 Å². The van der Waals surface area contributed by atoms with E-state index < -0.39 is 18.0 Å². The number of halogens is 4. The average Bonchev–Trinajstić information content (AvgIpc) is 3.38. The van der Waals surface area contributed by atoms with Gasteiger partial charge in [-0.1, -0.05) is 12.1 Å². The molecule has 0 amide bonds. The molecule has 3 aromatic heterocycles. The Morgan fingerprint density at radius 3 is 2.67 bits per heavy atom. The zero-order chi connectivity index (χ0) is 23.3. The average molecular weight is 460 g/mol. The zero-order valence-corrected chi connectivity index (χ0v) is 17.6. The lowest BCUT2D eigenvalue weighted by Crippen LogP contribution is -2.38. The fraction of sp³-hybridized carbons (Fsp3) is 0.318. The minimum absolute atomic E-state index is 0.0392. The molecule has 33 heavy (non-hydrogen) atoms. The number of pyridine rings is 2. The SMILES string of the molecule is COc1cc2nc(-c3nnc4ccc([C@@H](N5CCC(N)C5)C(F)(F)F)cn34)ccc2cc1F. The highest BCUT2D eigenvalue weighted by atomic mass is 19.4. The van der Waals surface area contributed by atoms with Crippen LogP contribution in [0.2, 0.25) is 0 Å². The number of alkyl halides is 3. The van der Waals surface area contributed by atoms with Crippen LogP contribution in [0.5, 0.6) is 5.75 Å². The van der Waals surface area contributed by atoms with Gasteiger partial charge in [-0.15, -0.1) is 10.2 Å². The summed E-state index contributed by atoms with van der Waals surface area (Å²) in [5.41, 5.74) is 7.14. The number of rotatable bonds is 4. The summed E-state index contributed by atoms with van der Waals surface area (Å²) >= 11 is 0. The molecule has 0 saturated carbocycles. The smallest absolute Gasteiger partial charge is 0.408 e. The van der Waals surface area contributed by atoms with Gasteiger partial charge in [0.2, 0.25) is 0 Å². The molecule has 1 aromatic carbocycles. The molecule has 4 heterocycles. The van der Waals surface area contributed by atoms with E-state index in [2.05, 4.69) is 15.2 Å². The molecule has 1 fully saturated rings. The van der Waals surface area contributed by atoms with Crippen LogP contribution >= 0.6 is 0 Å². The fourth-order valence-corrected chi connectivity index (χ4v) is 4.31. The maximum atomic E-state index is 14.0. The molecule has 1 aliphatic rings. The summed E-state index contributed by atoms with van der Waals surface area (Å²) < 4.78 is 62.6. The topological polar surface area (TPSA) is 81.6 Å². The lowest BCUT2D eigenvalue weighted by Gasteiger charge is -2.30. The molecule has 0 aliphatic carbocycles. The maximum absolute atomic E-state index is 14.0. The van der Waals surface area contributed by atoms with Crippen LogP contribution in [0.1, 0.15) is 18.0 Å². The number of likely N-dealkylation sites (tertiary alicyclic amines) is 1. The van der Waals surface area contributed by atoms with E-state index in [4.69, 9.17) is 10.5 Å². The Morgan fingerprint density at radius 2 is 1.97 bits per heavy atom. The largest absolute Gasteiger partial charge is 0.494 e. The van der Waals surface area contributed by atoms with E-state index in [1.807, 2.05) is 0 Å². The second-order valence-corrected chi connectivity index (χ2v) is 8.08. The number of nitrogens with zero attached hydrogens (tertiary/aromatic N) is 5. The van der Waals surface area contributed by atoms with Crippen LogP contribution in [0.15, 0.2) is 42.6 Å². The van der Waals surface area contributed by atoms with Crippen LogP contribution in [0, 0.1) is 5.82 Å². The highest BCUT2D eigenvalue weighted by Crippen LogP contribution is 2.39. The molecule has 4 aromatic rings. The Labute approximate surface area is 185 Å². The Kier molecular flexibility index (Phi) is 5.17. The third-order valence-electron chi connectivity index (χ3n) is 5.86. The predicted molar refractivity (Wildman–Crippen MR) is 113 cm³/mol. The number of hydrogen-bond acceptors (Lipinski definition) is 6. The van der Waals surface area contributed by atoms with Gasteiger partial charge in [-0.3, -0.25) is 9.30 Å². The van der Waals surface area contributed by atoms with Crippen molar-refractivity contribution in [2.24, 2.45) is 5.73 Å². The lowest BCUT2D eigenvalue weighted by atomic mass is 10.1. The molecule has 0 bridgehead atoms. The predicted octanol–water partition coefficient (Wildman–Crippen LogP) is 3.73. The number of benzene rings is 1. The summed E-state index contributed by atoms with van der Waals surface area (Å²) in [4.78, 5) is 5.86. The van der Waals surface area contributed by atoms with Crippen molar-refractivity contribution in [3.8, 4) is 17.3 Å². The van der Waals surface area contributed by atoms with Crippen molar-refractivity contribution in [1.82, 2.24) is 24.5 Å². The fourth-order valence-electron chi connectivity index (χ4n) is 4.31.